The summed E-state index contributed by atoms with van der Waals surface area (Å²) in [4.78, 5) is 4.32. The third-order valence-electron chi connectivity index (χ3n) is 3.50. The Labute approximate surface area is 141 Å². The topological polar surface area (TPSA) is 57.4 Å². The molecule has 0 amide bonds. The summed E-state index contributed by atoms with van der Waals surface area (Å²) in [6, 6.07) is 15.3. The van der Waals surface area contributed by atoms with E-state index in [-0.39, 0.29) is 12.2 Å². The van der Waals surface area contributed by atoms with Gasteiger partial charge in [-0.3, -0.25) is 4.98 Å². The molecule has 5 nitrogen and oxygen atoms in total. The third kappa shape index (κ3) is 3.63. The SMILES string of the molecule is COC(c1ccccn1)c1cc(-c2ccc(OC(C)C)cc2)on1. The zero-order valence-corrected chi connectivity index (χ0v) is 14.0. The lowest BCUT2D eigenvalue weighted by molar-refractivity contribution is 0.126. The largest absolute Gasteiger partial charge is 0.491 e. The van der Waals surface area contributed by atoms with Gasteiger partial charge in [0.1, 0.15) is 17.5 Å². The molecule has 0 N–H and O–H groups in total. The summed E-state index contributed by atoms with van der Waals surface area (Å²) in [7, 11) is 1.63. The molecule has 1 unspecified atom stereocenters. The Morgan fingerprint density at radius 1 is 1.00 bits per heavy atom. The van der Waals surface area contributed by atoms with Crippen LogP contribution in [-0.4, -0.2) is 23.4 Å². The quantitative estimate of drug-likeness (QED) is 0.678. The lowest BCUT2D eigenvalue weighted by Crippen LogP contribution is -2.05. The summed E-state index contributed by atoms with van der Waals surface area (Å²) in [6.45, 7) is 4.00. The molecule has 2 aromatic heterocycles. The molecule has 3 aromatic rings. The van der Waals surface area contributed by atoms with Crippen LogP contribution < -0.4 is 4.74 Å². The minimum atomic E-state index is -0.354. The number of nitrogens with zero attached hydrogens (tertiary/aromatic N) is 2. The second-order valence-corrected chi connectivity index (χ2v) is 5.68. The lowest BCUT2D eigenvalue weighted by Gasteiger charge is -2.10. The zero-order valence-electron chi connectivity index (χ0n) is 14.0. The molecule has 3 rings (SSSR count). The lowest BCUT2D eigenvalue weighted by atomic mass is 10.1. The highest BCUT2D eigenvalue weighted by Gasteiger charge is 2.19. The van der Waals surface area contributed by atoms with Crippen molar-refractivity contribution >= 4 is 0 Å². The van der Waals surface area contributed by atoms with E-state index in [0.29, 0.717) is 11.5 Å². The molecule has 0 aliphatic carbocycles. The number of methoxy groups -OCH3 is 1. The minimum absolute atomic E-state index is 0.147. The summed E-state index contributed by atoms with van der Waals surface area (Å²) in [5, 5.41) is 4.14. The van der Waals surface area contributed by atoms with Gasteiger partial charge in [0.05, 0.1) is 11.8 Å². The van der Waals surface area contributed by atoms with Crippen molar-refractivity contribution in [2.24, 2.45) is 0 Å². The Morgan fingerprint density at radius 3 is 2.42 bits per heavy atom. The van der Waals surface area contributed by atoms with Crippen LogP contribution in [0.5, 0.6) is 5.75 Å². The first kappa shape index (κ1) is 16.2. The highest BCUT2D eigenvalue weighted by Crippen LogP contribution is 2.28. The Morgan fingerprint density at radius 2 is 1.79 bits per heavy atom. The predicted molar refractivity (Wildman–Crippen MR) is 90.8 cm³/mol. The van der Waals surface area contributed by atoms with E-state index in [0.717, 1.165) is 17.0 Å². The van der Waals surface area contributed by atoms with Crippen molar-refractivity contribution in [1.29, 1.82) is 0 Å². The van der Waals surface area contributed by atoms with Gasteiger partial charge in [-0.2, -0.15) is 0 Å². The monoisotopic (exact) mass is 324 g/mol. The van der Waals surface area contributed by atoms with Crippen LogP contribution in [0.2, 0.25) is 0 Å². The molecule has 0 aliphatic heterocycles. The molecule has 5 heteroatoms. The molecule has 0 radical (unpaired) electrons. The fourth-order valence-corrected chi connectivity index (χ4v) is 2.44. The van der Waals surface area contributed by atoms with Crippen LogP contribution in [0.1, 0.15) is 31.3 Å². The molecule has 0 bridgehead atoms. The Balaban J connectivity index is 1.82. The summed E-state index contributed by atoms with van der Waals surface area (Å²) in [6.07, 6.45) is 1.52. The van der Waals surface area contributed by atoms with Crippen LogP contribution in [-0.2, 0) is 4.74 Å². The maximum Gasteiger partial charge on any atom is 0.167 e. The number of hydrogen-bond acceptors (Lipinski definition) is 5. The van der Waals surface area contributed by atoms with Crippen LogP contribution in [0.25, 0.3) is 11.3 Å². The number of hydrogen-bond donors (Lipinski definition) is 0. The van der Waals surface area contributed by atoms with Crippen LogP contribution in [0.4, 0.5) is 0 Å². The number of ether oxygens (including phenoxy) is 2. The molecule has 2 heterocycles. The van der Waals surface area contributed by atoms with Gasteiger partial charge < -0.3 is 14.0 Å². The van der Waals surface area contributed by atoms with Crippen molar-refractivity contribution in [2.45, 2.75) is 26.1 Å². The highest BCUT2D eigenvalue weighted by molar-refractivity contribution is 5.58. The molecule has 0 fully saturated rings. The third-order valence-corrected chi connectivity index (χ3v) is 3.50. The summed E-state index contributed by atoms with van der Waals surface area (Å²) in [5.74, 6) is 1.51. The maximum atomic E-state index is 5.65. The van der Waals surface area contributed by atoms with Crippen molar-refractivity contribution in [3.05, 3.63) is 66.1 Å². The van der Waals surface area contributed by atoms with E-state index in [9.17, 15) is 0 Å². The van der Waals surface area contributed by atoms with Gasteiger partial charge in [0.2, 0.25) is 0 Å². The number of rotatable bonds is 6. The first-order valence-electron chi connectivity index (χ1n) is 7.85. The standard InChI is InChI=1S/C19H20N2O3/c1-13(2)23-15-9-7-14(8-10-15)18-12-17(21-24-18)19(22-3)16-6-4-5-11-20-16/h4-13,19H,1-3H3. The summed E-state index contributed by atoms with van der Waals surface area (Å²) < 4.78 is 16.7. The van der Waals surface area contributed by atoms with Crippen molar-refractivity contribution in [2.75, 3.05) is 7.11 Å². The van der Waals surface area contributed by atoms with E-state index in [4.69, 9.17) is 14.0 Å². The van der Waals surface area contributed by atoms with Crippen LogP contribution in [0.3, 0.4) is 0 Å². The molecular formula is C19H20N2O3. The summed E-state index contributed by atoms with van der Waals surface area (Å²) in [5.41, 5.74) is 2.41. The van der Waals surface area contributed by atoms with Gasteiger partial charge in [0, 0.05) is 24.9 Å². The van der Waals surface area contributed by atoms with E-state index in [2.05, 4.69) is 10.1 Å². The van der Waals surface area contributed by atoms with Gasteiger partial charge in [-0.05, 0) is 50.2 Å². The number of benzene rings is 1. The predicted octanol–water partition coefficient (Wildman–Crippen LogP) is 4.26. The van der Waals surface area contributed by atoms with Crippen molar-refractivity contribution in [3.63, 3.8) is 0 Å². The summed E-state index contributed by atoms with van der Waals surface area (Å²) >= 11 is 0. The van der Waals surface area contributed by atoms with Crippen LogP contribution in [0, 0.1) is 0 Å². The minimum Gasteiger partial charge on any atom is -0.491 e. The molecule has 0 saturated heterocycles. The fourth-order valence-electron chi connectivity index (χ4n) is 2.44. The van der Waals surface area contributed by atoms with Gasteiger partial charge in [-0.1, -0.05) is 11.2 Å². The number of aromatic nitrogens is 2. The molecule has 0 saturated carbocycles. The normalized spacial score (nSPS) is 12.3. The van der Waals surface area contributed by atoms with Crippen molar-refractivity contribution < 1.29 is 14.0 Å². The second-order valence-electron chi connectivity index (χ2n) is 5.68. The van der Waals surface area contributed by atoms with Crippen LogP contribution >= 0.6 is 0 Å². The van der Waals surface area contributed by atoms with Crippen molar-refractivity contribution in [1.82, 2.24) is 10.1 Å². The first-order chi connectivity index (χ1) is 11.7. The van der Waals surface area contributed by atoms with Gasteiger partial charge >= 0.3 is 0 Å². The number of pyridine rings is 1. The van der Waals surface area contributed by atoms with E-state index >= 15 is 0 Å². The second kappa shape index (κ2) is 7.27. The maximum absolute atomic E-state index is 5.65. The van der Waals surface area contributed by atoms with Gasteiger partial charge in [0.15, 0.2) is 5.76 Å². The van der Waals surface area contributed by atoms with Crippen LogP contribution in [0.15, 0.2) is 59.3 Å². The molecule has 1 atom stereocenters. The molecule has 0 spiro atoms. The Hall–Kier alpha value is -2.66. The average Bonchev–Trinajstić information content (AvgIpc) is 3.06. The molecule has 0 aliphatic rings. The van der Waals surface area contributed by atoms with E-state index in [1.54, 1.807) is 13.3 Å². The highest BCUT2D eigenvalue weighted by atomic mass is 16.5. The molecule has 124 valence electrons. The first-order valence-corrected chi connectivity index (χ1v) is 7.85. The molecular weight excluding hydrogens is 304 g/mol. The Bertz CT molecular complexity index is 767. The van der Waals surface area contributed by atoms with E-state index < -0.39 is 0 Å². The average molecular weight is 324 g/mol. The fraction of sp³-hybridized carbons (Fsp3) is 0.263. The molecule has 24 heavy (non-hydrogen) atoms. The van der Waals surface area contributed by atoms with Gasteiger partial charge in [-0.15, -0.1) is 0 Å². The van der Waals surface area contributed by atoms with Gasteiger partial charge in [0.25, 0.3) is 0 Å². The zero-order chi connectivity index (χ0) is 16.9. The smallest absolute Gasteiger partial charge is 0.167 e. The Kier molecular flexibility index (Phi) is 4.91. The van der Waals surface area contributed by atoms with Crippen molar-refractivity contribution in [3.8, 4) is 17.1 Å². The van der Waals surface area contributed by atoms with Gasteiger partial charge in [-0.25, -0.2) is 0 Å². The molecule has 1 aromatic carbocycles. The van der Waals surface area contributed by atoms with E-state index in [1.807, 2.05) is 62.4 Å². The van der Waals surface area contributed by atoms with E-state index in [1.165, 1.54) is 0 Å².